The van der Waals surface area contributed by atoms with Gasteiger partial charge in [-0.05, 0) is 65.1 Å². The molecule has 20 heavy (non-hydrogen) atoms. The second-order valence-electron chi connectivity index (χ2n) is 5.07. The van der Waals surface area contributed by atoms with E-state index in [1.165, 1.54) is 27.1 Å². The first-order chi connectivity index (χ1) is 9.79. The van der Waals surface area contributed by atoms with E-state index in [1.54, 1.807) is 11.3 Å². The van der Waals surface area contributed by atoms with Gasteiger partial charge < -0.3 is 5.73 Å². The molecule has 3 heterocycles. The van der Waals surface area contributed by atoms with Crippen LogP contribution in [0.4, 0.5) is 0 Å². The quantitative estimate of drug-likeness (QED) is 0.911. The van der Waals surface area contributed by atoms with Crippen LogP contribution < -0.4 is 5.73 Å². The van der Waals surface area contributed by atoms with Gasteiger partial charge in [-0.15, -0.1) is 11.3 Å². The molecule has 0 radical (unpaired) electrons. The second-order valence-corrected chi connectivity index (χ2v) is 7.56. The summed E-state index contributed by atoms with van der Waals surface area (Å²) in [4.78, 5) is 8.02. The van der Waals surface area contributed by atoms with Gasteiger partial charge in [0.2, 0.25) is 0 Å². The molecule has 2 aromatic rings. The fraction of sp³-hybridized carbons (Fsp3) is 0.400. The van der Waals surface area contributed by atoms with Crippen molar-refractivity contribution < 1.29 is 0 Å². The van der Waals surface area contributed by atoms with Crippen LogP contribution >= 0.6 is 27.3 Å². The van der Waals surface area contributed by atoms with Crippen LogP contribution in [-0.4, -0.2) is 23.0 Å². The lowest BCUT2D eigenvalue weighted by Gasteiger charge is -2.32. The zero-order valence-electron chi connectivity index (χ0n) is 11.2. The average molecular weight is 352 g/mol. The summed E-state index contributed by atoms with van der Waals surface area (Å²) in [5.41, 5.74) is 7.42. The van der Waals surface area contributed by atoms with E-state index in [2.05, 4.69) is 50.1 Å². The normalized spacial score (nSPS) is 21.2. The molecule has 3 rings (SSSR count). The van der Waals surface area contributed by atoms with Crippen LogP contribution in [0.3, 0.4) is 0 Å². The Hall–Kier alpha value is -0.750. The lowest BCUT2D eigenvalue weighted by atomic mass is 10.0. The van der Waals surface area contributed by atoms with Crippen molar-refractivity contribution in [2.75, 3.05) is 13.1 Å². The molecule has 5 heteroatoms. The second kappa shape index (κ2) is 6.35. The van der Waals surface area contributed by atoms with Crippen LogP contribution in [0.1, 0.15) is 35.4 Å². The summed E-state index contributed by atoms with van der Waals surface area (Å²) in [6.07, 6.45) is 6.19. The van der Waals surface area contributed by atoms with Crippen molar-refractivity contribution in [1.82, 2.24) is 9.88 Å². The van der Waals surface area contributed by atoms with E-state index in [4.69, 9.17) is 5.73 Å². The summed E-state index contributed by atoms with van der Waals surface area (Å²) in [6, 6.07) is 9.33. The highest BCUT2D eigenvalue weighted by Gasteiger charge is 2.32. The Morgan fingerprint density at radius 2 is 2.15 bits per heavy atom. The highest BCUT2D eigenvalue weighted by molar-refractivity contribution is 9.11. The molecule has 1 saturated heterocycles. The third-order valence-corrected chi connectivity index (χ3v) is 5.66. The Labute approximate surface area is 131 Å². The molecule has 0 aromatic carbocycles. The minimum Gasteiger partial charge on any atom is -0.329 e. The predicted octanol–water partition coefficient (Wildman–Crippen LogP) is 3.74. The SMILES string of the molecule is NCC(c1ccc(Br)s1)N1CCCC1c1ccncc1. The largest absolute Gasteiger partial charge is 0.329 e. The molecule has 2 atom stereocenters. The molecule has 0 aliphatic carbocycles. The fourth-order valence-corrected chi connectivity index (χ4v) is 4.59. The number of nitrogens with zero attached hydrogens (tertiary/aromatic N) is 2. The van der Waals surface area contributed by atoms with E-state index < -0.39 is 0 Å². The van der Waals surface area contributed by atoms with E-state index in [0.29, 0.717) is 18.6 Å². The number of pyridine rings is 1. The minimum atomic E-state index is 0.312. The highest BCUT2D eigenvalue weighted by Crippen LogP contribution is 2.40. The molecular formula is C15H18BrN3S. The number of likely N-dealkylation sites (tertiary alicyclic amines) is 1. The van der Waals surface area contributed by atoms with E-state index in [1.807, 2.05) is 12.4 Å². The molecule has 2 unspecified atom stereocenters. The Bertz CT molecular complexity index is 557. The van der Waals surface area contributed by atoms with Crippen molar-refractivity contribution in [2.24, 2.45) is 5.73 Å². The average Bonchev–Trinajstić information content (AvgIpc) is 3.11. The Morgan fingerprint density at radius 1 is 1.35 bits per heavy atom. The first-order valence-corrected chi connectivity index (χ1v) is 8.51. The maximum absolute atomic E-state index is 6.07. The van der Waals surface area contributed by atoms with E-state index in [9.17, 15) is 0 Å². The summed E-state index contributed by atoms with van der Waals surface area (Å²) in [5, 5.41) is 0. The lowest BCUT2D eigenvalue weighted by molar-refractivity contribution is 0.188. The third-order valence-electron chi connectivity index (χ3n) is 3.93. The molecule has 1 fully saturated rings. The number of halogens is 1. The molecule has 0 spiro atoms. The van der Waals surface area contributed by atoms with Gasteiger partial charge in [-0.1, -0.05) is 0 Å². The maximum Gasteiger partial charge on any atom is 0.0702 e. The number of hydrogen-bond acceptors (Lipinski definition) is 4. The van der Waals surface area contributed by atoms with Crippen molar-refractivity contribution in [3.63, 3.8) is 0 Å². The van der Waals surface area contributed by atoms with Crippen molar-refractivity contribution in [2.45, 2.75) is 24.9 Å². The lowest BCUT2D eigenvalue weighted by Crippen LogP contribution is -2.33. The molecule has 0 saturated carbocycles. The first-order valence-electron chi connectivity index (χ1n) is 6.90. The van der Waals surface area contributed by atoms with Crippen LogP contribution in [0.15, 0.2) is 40.4 Å². The monoisotopic (exact) mass is 351 g/mol. The fourth-order valence-electron chi connectivity index (χ4n) is 3.03. The van der Waals surface area contributed by atoms with Gasteiger partial charge in [0.05, 0.1) is 9.83 Å². The van der Waals surface area contributed by atoms with Crippen molar-refractivity contribution in [1.29, 1.82) is 0 Å². The van der Waals surface area contributed by atoms with Crippen LogP contribution in [0.25, 0.3) is 0 Å². The van der Waals surface area contributed by atoms with Crippen LogP contribution in [0.5, 0.6) is 0 Å². The maximum atomic E-state index is 6.07. The summed E-state index contributed by atoms with van der Waals surface area (Å²) in [7, 11) is 0. The van der Waals surface area contributed by atoms with Crippen molar-refractivity contribution in [3.05, 3.63) is 50.9 Å². The highest BCUT2D eigenvalue weighted by atomic mass is 79.9. The molecule has 1 aliphatic heterocycles. The number of hydrogen-bond donors (Lipinski definition) is 1. The van der Waals surface area contributed by atoms with Crippen LogP contribution in [-0.2, 0) is 0 Å². The molecule has 1 aliphatic rings. The van der Waals surface area contributed by atoms with Gasteiger partial charge in [-0.25, -0.2) is 0 Å². The van der Waals surface area contributed by atoms with Gasteiger partial charge in [0.15, 0.2) is 0 Å². The van der Waals surface area contributed by atoms with Crippen molar-refractivity contribution >= 4 is 27.3 Å². The number of nitrogens with two attached hydrogens (primary N) is 1. The molecule has 0 bridgehead atoms. The van der Waals surface area contributed by atoms with E-state index in [-0.39, 0.29) is 0 Å². The standard InChI is InChI=1S/C15H18BrN3S/c16-15-4-3-14(20-15)13(10-17)19-9-1-2-12(19)11-5-7-18-8-6-11/h3-8,12-13H,1-2,9-10,17H2. The zero-order valence-corrected chi connectivity index (χ0v) is 13.6. The van der Waals surface area contributed by atoms with Gasteiger partial charge in [-0.3, -0.25) is 9.88 Å². The predicted molar refractivity (Wildman–Crippen MR) is 86.7 cm³/mol. The summed E-state index contributed by atoms with van der Waals surface area (Å²) in [5.74, 6) is 0. The Balaban J connectivity index is 1.87. The van der Waals surface area contributed by atoms with Gasteiger partial charge in [0.1, 0.15) is 0 Å². The number of aromatic nitrogens is 1. The molecule has 2 N–H and O–H groups in total. The molecule has 106 valence electrons. The summed E-state index contributed by atoms with van der Waals surface area (Å²) < 4.78 is 1.17. The number of thiophene rings is 1. The van der Waals surface area contributed by atoms with Crippen LogP contribution in [0, 0.1) is 0 Å². The summed E-state index contributed by atoms with van der Waals surface area (Å²) in [6.45, 7) is 1.78. The number of rotatable bonds is 4. The first kappa shape index (κ1) is 14.2. The molecule has 2 aromatic heterocycles. The smallest absolute Gasteiger partial charge is 0.0702 e. The van der Waals surface area contributed by atoms with Gasteiger partial charge in [0, 0.05) is 29.9 Å². The van der Waals surface area contributed by atoms with Crippen molar-refractivity contribution in [3.8, 4) is 0 Å². The Morgan fingerprint density at radius 3 is 2.80 bits per heavy atom. The third kappa shape index (κ3) is 2.81. The molecule has 3 nitrogen and oxygen atoms in total. The summed E-state index contributed by atoms with van der Waals surface area (Å²) >= 11 is 5.34. The van der Waals surface area contributed by atoms with Gasteiger partial charge >= 0.3 is 0 Å². The van der Waals surface area contributed by atoms with Gasteiger partial charge in [0.25, 0.3) is 0 Å². The zero-order chi connectivity index (χ0) is 13.9. The van der Waals surface area contributed by atoms with Gasteiger partial charge in [-0.2, -0.15) is 0 Å². The van der Waals surface area contributed by atoms with Crippen LogP contribution in [0.2, 0.25) is 0 Å². The van der Waals surface area contributed by atoms with E-state index in [0.717, 1.165) is 6.54 Å². The minimum absolute atomic E-state index is 0.312. The topological polar surface area (TPSA) is 42.1 Å². The molecule has 0 amide bonds. The Kier molecular flexibility index (Phi) is 4.51. The molecular weight excluding hydrogens is 334 g/mol. The van der Waals surface area contributed by atoms with E-state index >= 15 is 0 Å².